The molecule has 5 aromatic carbocycles. The predicted molar refractivity (Wildman–Crippen MR) is 207 cm³/mol. The largest absolute Gasteiger partial charge is 0.457 e. The van der Waals surface area contributed by atoms with Crippen LogP contribution in [0.5, 0.6) is 23.0 Å². The summed E-state index contributed by atoms with van der Waals surface area (Å²) in [6.07, 6.45) is 6.59. The van der Waals surface area contributed by atoms with Gasteiger partial charge in [-0.05, 0) is 79.7 Å². The van der Waals surface area contributed by atoms with Crippen LogP contribution in [0, 0.1) is 6.92 Å². The second kappa shape index (κ2) is 12.4. The summed E-state index contributed by atoms with van der Waals surface area (Å²) < 4.78 is 17.8. The molecule has 0 aliphatic heterocycles. The molecular formula is C44H29N7O2. The maximum Gasteiger partial charge on any atom is 0.162 e. The van der Waals surface area contributed by atoms with Crippen molar-refractivity contribution in [3.63, 3.8) is 0 Å². The lowest BCUT2D eigenvalue weighted by Crippen LogP contribution is -1.98. The van der Waals surface area contributed by atoms with Crippen molar-refractivity contribution in [1.82, 2.24) is 34.1 Å². The minimum atomic E-state index is 0.506. The molecule has 0 unspecified atom stereocenters. The van der Waals surface area contributed by atoms with Crippen LogP contribution in [0.4, 0.5) is 0 Å². The maximum atomic E-state index is 6.73. The van der Waals surface area contributed by atoms with Crippen LogP contribution >= 0.6 is 0 Å². The normalized spacial score (nSPS) is 11.5. The van der Waals surface area contributed by atoms with Crippen molar-refractivity contribution in [3.05, 3.63) is 164 Å². The number of pyridine rings is 2. The fourth-order valence-corrected chi connectivity index (χ4v) is 7.14. The highest BCUT2D eigenvalue weighted by Crippen LogP contribution is 2.41. The van der Waals surface area contributed by atoms with Gasteiger partial charge >= 0.3 is 0 Å². The van der Waals surface area contributed by atoms with Gasteiger partial charge in [-0.1, -0.05) is 48.5 Å². The molecule has 9 nitrogen and oxygen atoms in total. The molecule has 0 saturated heterocycles. The average Bonchev–Trinajstić information content (AvgIpc) is 3.72. The molecular weight excluding hydrogens is 659 g/mol. The third-order valence-corrected chi connectivity index (χ3v) is 9.57. The highest BCUT2D eigenvalue weighted by Gasteiger charge is 2.19. The molecule has 0 radical (unpaired) electrons. The summed E-state index contributed by atoms with van der Waals surface area (Å²) in [5.41, 5.74) is 5.67. The van der Waals surface area contributed by atoms with Gasteiger partial charge in [0.1, 0.15) is 47.3 Å². The number of ether oxygens (including phenoxy) is 2. The molecule has 0 saturated carbocycles. The van der Waals surface area contributed by atoms with E-state index in [9.17, 15) is 0 Å². The predicted octanol–water partition coefficient (Wildman–Crippen LogP) is 10.4. The maximum absolute atomic E-state index is 6.73. The monoisotopic (exact) mass is 687 g/mol. The molecule has 5 aromatic heterocycles. The third kappa shape index (κ3) is 5.22. The van der Waals surface area contributed by atoms with Gasteiger partial charge in [-0.2, -0.15) is 0 Å². The molecule has 0 bridgehead atoms. The second-order valence-electron chi connectivity index (χ2n) is 12.7. The molecule has 10 rings (SSSR count). The summed E-state index contributed by atoms with van der Waals surface area (Å²) in [5, 5.41) is 4.50. The van der Waals surface area contributed by atoms with Gasteiger partial charge in [-0.25, -0.2) is 24.9 Å². The molecule has 5 heterocycles. The molecule has 0 aliphatic carbocycles. The quantitative estimate of drug-likeness (QED) is 0.165. The van der Waals surface area contributed by atoms with E-state index in [0.717, 1.165) is 66.4 Å². The number of rotatable bonds is 7. The number of hydrogen-bond donors (Lipinski definition) is 0. The van der Waals surface area contributed by atoms with Gasteiger partial charge in [0.05, 0.1) is 22.1 Å². The molecule has 10 aromatic rings. The van der Waals surface area contributed by atoms with Gasteiger partial charge in [0.15, 0.2) is 5.82 Å². The lowest BCUT2D eigenvalue weighted by atomic mass is 10.1. The van der Waals surface area contributed by atoms with Gasteiger partial charge in [0.2, 0.25) is 0 Å². The van der Waals surface area contributed by atoms with E-state index >= 15 is 0 Å². The Kier molecular flexibility index (Phi) is 7.14. The van der Waals surface area contributed by atoms with Crippen molar-refractivity contribution in [3.8, 4) is 46.0 Å². The average molecular weight is 688 g/mol. The SMILES string of the molecule is Cc1c(Oc2ccc3c4ccccc4n(-c4ccccn4)c3c2)cc(-c2ncncn2)cc1Oc1ccc2c3ccccc3n(-c3ccccn3)c2c1. The lowest BCUT2D eigenvalue weighted by molar-refractivity contribution is 0.454. The summed E-state index contributed by atoms with van der Waals surface area (Å²) in [6.45, 7) is 1.99. The van der Waals surface area contributed by atoms with Crippen molar-refractivity contribution < 1.29 is 9.47 Å². The van der Waals surface area contributed by atoms with E-state index in [1.54, 1.807) is 0 Å². The van der Waals surface area contributed by atoms with Crippen LogP contribution in [0.3, 0.4) is 0 Å². The Balaban J connectivity index is 1.09. The molecule has 0 N–H and O–H groups in total. The van der Waals surface area contributed by atoms with Gasteiger partial charge < -0.3 is 9.47 Å². The molecule has 0 aliphatic rings. The molecule has 0 atom stereocenters. The first-order valence-corrected chi connectivity index (χ1v) is 17.2. The fraction of sp³-hybridized carbons (Fsp3) is 0.0227. The van der Waals surface area contributed by atoms with E-state index < -0.39 is 0 Å². The molecule has 0 amide bonds. The van der Waals surface area contributed by atoms with Crippen LogP contribution in [-0.4, -0.2) is 34.1 Å². The number of fused-ring (bicyclic) bond motifs is 6. The van der Waals surface area contributed by atoms with Crippen LogP contribution in [-0.2, 0) is 0 Å². The Morgan fingerprint density at radius 2 is 0.925 bits per heavy atom. The first kappa shape index (κ1) is 30.4. The van der Waals surface area contributed by atoms with E-state index in [4.69, 9.17) is 9.47 Å². The summed E-state index contributed by atoms with van der Waals surface area (Å²) in [4.78, 5) is 22.3. The van der Waals surface area contributed by atoms with Crippen LogP contribution in [0.25, 0.3) is 66.6 Å². The Morgan fingerprint density at radius 1 is 0.453 bits per heavy atom. The zero-order valence-electron chi connectivity index (χ0n) is 28.5. The summed E-state index contributed by atoms with van der Waals surface area (Å²) in [7, 11) is 0. The minimum Gasteiger partial charge on any atom is -0.457 e. The van der Waals surface area contributed by atoms with Crippen LogP contribution < -0.4 is 9.47 Å². The van der Waals surface area contributed by atoms with Crippen LogP contribution in [0.2, 0.25) is 0 Å². The lowest BCUT2D eigenvalue weighted by Gasteiger charge is -2.16. The Morgan fingerprint density at radius 3 is 1.42 bits per heavy atom. The van der Waals surface area contributed by atoms with Crippen LogP contribution in [0.1, 0.15) is 5.56 Å². The highest BCUT2D eigenvalue weighted by molar-refractivity contribution is 6.10. The first-order chi connectivity index (χ1) is 26.2. The number of aromatic nitrogens is 7. The number of para-hydroxylation sites is 2. The molecule has 9 heteroatoms. The molecule has 0 spiro atoms. The van der Waals surface area contributed by atoms with Crippen molar-refractivity contribution in [2.24, 2.45) is 0 Å². The first-order valence-electron chi connectivity index (χ1n) is 17.2. The summed E-state index contributed by atoms with van der Waals surface area (Å²) in [5.74, 6) is 4.73. The minimum absolute atomic E-state index is 0.506. The van der Waals surface area contributed by atoms with E-state index in [1.165, 1.54) is 12.7 Å². The van der Waals surface area contributed by atoms with Gasteiger partial charge in [0, 0.05) is 57.2 Å². The Hall–Kier alpha value is -7.39. The van der Waals surface area contributed by atoms with Crippen LogP contribution in [0.15, 0.2) is 159 Å². The fourth-order valence-electron chi connectivity index (χ4n) is 7.14. The van der Waals surface area contributed by atoms with Crippen molar-refractivity contribution in [2.75, 3.05) is 0 Å². The standard InChI is InChI=1S/C44H29N7O2/c1-28-40(52-30-16-18-34-32-10-2-4-12-36(32)50(38(34)24-30)42-14-6-8-20-46-42)22-29(44-48-26-45-27-49-44)23-41(28)53-31-17-19-35-33-11-3-5-13-37(33)51(39(35)25-31)43-15-7-9-21-47-43/h2-27H,1H3. The number of benzene rings is 5. The zero-order valence-corrected chi connectivity index (χ0v) is 28.5. The van der Waals surface area contributed by atoms with Crippen molar-refractivity contribution >= 4 is 43.6 Å². The second-order valence-corrected chi connectivity index (χ2v) is 12.7. The summed E-state index contributed by atoms with van der Waals surface area (Å²) >= 11 is 0. The van der Waals surface area contributed by atoms with Gasteiger partial charge in [0.25, 0.3) is 0 Å². The van der Waals surface area contributed by atoms with Crippen molar-refractivity contribution in [2.45, 2.75) is 6.92 Å². The molecule has 252 valence electrons. The third-order valence-electron chi connectivity index (χ3n) is 9.57. The Bertz CT molecular complexity index is 2780. The Labute approximate surface area is 303 Å². The van der Waals surface area contributed by atoms with Gasteiger partial charge in [-0.3, -0.25) is 9.13 Å². The van der Waals surface area contributed by atoms with Crippen molar-refractivity contribution in [1.29, 1.82) is 0 Å². The van der Waals surface area contributed by atoms with E-state index in [0.29, 0.717) is 28.8 Å². The van der Waals surface area contributed by atoms with E-state index in [2.05, 4.69) is 94.7 Å². The van der Waals surface area contributed by atoms with E-state index in [1.807, 2.05) is 92.1 Å². The molecule has 0 fully saturated rings. The van der Waals surface area contributed by atoms with E-state index in [-0.39, 0.29) is 0 Å². The smallest absolute Gasteiger partial charge is 0.162 e. The number of nitrogens with zero attached hydrogens (tertiary/aromatic N) is 7. The van der Waals surface area contributed by atoms with Gasteiger partial charge in [-0.15, -0.1) is 0 Å². The summed E-state index contributed by atoms with van der Waals surface area (Å²) in [6, 6.07) is 44.8. The molecule has 53 heavy (non-hydrogen) atoms. The number of hydrogen-bond acceptors (Lipinski definition) is 7. The highest BCUT2D eigenvalue weighted by atomic mass is 16.5. The zero-order chi connectivity index (χ0) is 35.3. The topological polar surface area (TPSA) is 92.8 Å².